The number of carbonyl (C=O) groups is 1. The summed E-state index contributed by atoms with van der Waals surface area (Å²) in [6, 6.07) is 14.2. The standard InChI is InChI=1S/C20H28N4O/c1-16(2)24(15-17-8-10-19(11-9-17)23(3)4)20(25)22-14-12-18-7-5-6-13-21-18/h5-11,13,16H,12,14-15H2,1-4H3,(H,22,25). The van der Waals surface area contributed by atoms with Gasteiger partial charge in [0.2, 0.25) is 0 Å². The quantitative estimate of drug-likeness (QED) is 0.841. The molecule has 0 saturated carbocycles. The van der Waals surface area contributed by atoms with Gasteiger partial charge in [-0.25, -0.2) is 4.79 Å². The van der Waals surface area contributed by atoms with Gasteiger partial charge in [-0.15, -0.1) is 0 Å². The zero-order chi connectivity index (χ0) is 18.2. The topological polar surface area (TPSA) is 48.5 Å². The van der Waals surface area contributed by atoms with Crippen molar-refractivity contribution < 1.29 is 4.79 Å². The van der Waals surface area contributed by atoms with Crippen molar-refractivity contribution in [1.29, 1.82) is 0 Å². The third-order valence-corrected chi connectivity index (χ3v) is 4.07. The van der Waals surface area contributed by atoms with Gasteiger partial charge >= 0.3 is 6.03 Å². The van der Waals surface area contributed by atoms with E-state index in [4.69, 9.17) is 0 Å². The lowest BCUT2D eigenvalue weighted by Gasteiger charge is -2.27. The van der Waals surface area contributed by atoms with Crippen LogP contribution in [0.25, 0.3) is 0 Å². The first-order valence-corrected chi connectivity index (χ1v) is 8.68. The Labute approximate surface area is 150 Å². The van der Waals surface area contributed by atoms with E-state index >= 15 is 0 Å². The minimum absolute atomic E-state index is 0.0392. The zero-order valence-electron chi connectivity index (χ0n) is 15.6. The van der Waals surface area contributed by atoms with Crippen molar-refractivity contribution in [1.82, 2.24) is 15.2 Å². The van der Waals surface area contributed by atoms with Crippen LogP contribution in [0.1, 0.15) is 25.1 Å². The number of nitrogens with one attached hydrogen (secondary N) is 1. The van der Waals surface area contributed by atoms with Gasteiger partial charge < -0.3 is 15.1 Å². The molecule has 2 aromatic rings. The third-order valence-electron chi connectivity index (χ3n) is 4.07. The monoisotopic (exact) mass is 340 g/mol. The lowest BCUT2D eigenvalue weighted by Crippen LogP contribution is -2.44. The molecule has 1 N–H and O–H groups in total. The molecule has 25 heavy (non-hydrogen) atoms. The number of urea groups is 1. The van der Waals surface area contributed by atoms with E-state index in [-0.39, 0.29) is 12.1 Å². The number of rotatable bonds is 7. The maximum absolute atomic E-state index is 12.5. The highest BCUT2D eigenvalue weighted by atomic mass is 16.2. The summed E-state index contributed by atoms with van der Waals surface area (Å²) in [5.41, 5.74) is 3.26. The Balaban J connectivity index is 1.91. The zero-order valence-corrected chi connectivity index (χ0v) is 15.6. The number of pyridine rings is 1. The van der Waals surface area contributed by atoms with Crippen molar-refractivity contribution in [3.05, 3.63) is 59.9 Å². The average molecular weight is 340 g/mol. The molecule has 0 radical (unpaired) electrons. The first-order valence-electron chi connectivity index (χ1n) is 8.68. The van der Waals surface area contributed by atoms with Crippen molar-refractivity contribution in [2.24, 2.45) is 0 Å². The Morgan fingerprint density at radius 1 is 1.12 bits per heavy atom. The van der Waals surface area contributed by atoms with Gasteiger partial charge in [0, 0.05) is 57.2 Å². The predicted octanol–water partition coefficient (Wildman–Crippen LogP) is 3.31. The lowest BCUT2D eigenvalue weighted by atomic mass is 10.1. The smallest absolute Gasteiger partial charge is 0.317 e. The fourth-order valence-electron chi connectivity index (χ4n) is 2.53. The van der Waals surface area contributed by atoms with Gasteiger partial charge in [0.15, 0.2) is 0 Å². The number of nitrogens with zero attached hydrogens (tertiary/aromatic N) is 3. The molecule has 2 amide bonds. The molecule has 0 bridgehead atoms. The van der Waals surface area contributed by atoms with Crippen LogP contribution < -0.4 is 10.2 Å². The fraction of sp³-hybridized carbons (Fsp3) is 0.400. The summed E-state index contributed by atoms with van der Waals surface area (Å²) in [5, 5.41) is 3.00. The second-order valence-electron chi connectivity index (χ2n) is 6.59. The number of hydrogen-bond donors (Lipinski definition) is 1. The minimum Gasteiger partial charge on any atom is -0.378 e. The van der Waals surface area contributed by atoms with Crippen molar-refractivity contribution in [3.8, 4) is 0 Å². The Bertz CT molecular complexity index is 653. The highest BCUT2D eigenvalue weighted by Crippen LogP contribution is 2.15. The normalized spacial score (nSPS) is 10.6. The van der Waals surface area contributed by atoms with Crippen molar-refractivity contribution >= 4 is 11.7 Å². The van der Waals surface area contributed by atoms with Gasteiger partial charge in [0.25, 0.3) is 0 Å². The number of aromatic nitrogens is 1. The molecule has 134 valence electrons. The van der Waals surface area contributed by atoms with E-state index in [0.717, 1.165) is 23.4 Å². The average Bonchev–Trinajstić information content (AvgIpc) is 2.60. The maximum atomic E-state index is 12.5. The van der Waals surface area contributed by atoms with Crippen LogP contribution in [-0.2, 0) is 13.0 Å². The summed E-state index contributed by atoms with van der Waals surface area (Å²) >= 11 is 0. The van der Waals surface area contributed by atoms with Gasteiger partial charge in [-0.1, -0.05) is 18.2 Å². The lowest BCUT2D eigenvalue weighted by molar-refractivity contribution is 0.180. The first kappa shape index (κ1) is 18.8. The summed E-state index contributed by atoms with van der Waals surface area (Å²) in [5.74, 6) is 0. The fourth-order valence-corrected chi connectivity index (χ4v) is 2.53. The molecule has 0 aliphatic heterocycles. The van der Waals surface area contributed by atoms with Gasteiger partial charge in [0.05, 0.1) is 0 Å². The highest BCUT2D eigenvalue weighted by Gasteiger charge is 2.17. The Kier molecular flexibility index (Phi) is 6.81. The van der Waals surface area contributed by atoms with Gasteiger partial charge in [-0.05, 0) is 43.7 Å². The second-order valence-corrected chi connectivity index (χ2v) is 6.59. The molecule has 1 heterocycles. The van der Waals surface area contributed by atoms with Crippen LogP contribution in [0.2, 0.25) is 0 Å². The van der Waals surface area contributed by atoms with Crippen LogP contribution in [0.5, 0.6) is 0 Å². The van der Waals surface area contributed by atoms with E-state index in [1.165, 1.54) is 0 Å². The van der Waals surface area contributed by atoms with Gasteiger partial charge in [-0.3, -0.25) is 4.98 Å². The third kappa shape index (κ3) is 5.78. The molecule has 1 aromatic carbocycles. The minimum atomic E-state index is -0.0392. The number of carbonyl (C=O) groups excluding carboxylic acids is 1. The highest BCUT2D eigenvalue weighted by molar-refractivity contribution is 5.74. The molecule has 0 aliphatic rings. The van der Waals surface area contributed by atoms with Crippen molar-refractivity contribution in [3.63, 3.8) is 0 Å². The Morgan fingerprint density at radius 3 is 2.40 bits per heavy atom. The molecule has 2 rings (SSSR count). The Hall–Kier alpha value is -2.56. The second kappa shape index (κ2) is 9.06. The van der Waals surface area contributed by atoms with E-state index in [0.29, 0.717) is 13.1 Å². The molecular formula is C20H28N4O. The molecule has 0 spiro atoms. The van der Waals surface area contributed by atoms with Crippen LogP contribution in [0.15, 0.2) is 48.7 Å². The summed E-state index contributed by atoms with van der Waals surface area (Å²) in [6.07, 6.45) is 2.50. The molecule has 0 aliphatic carbocycles. The number of benzene rings is 1. The summed E-state index contributed by atoms with van der Waals surface area (Å²) in [4.78, 5) is 20.7. The predicted molar refractivity (Wildman–Crippen MR) is 103 cm³/mol. The maximum Gasteiger partial charge on any atom is 0.317 e. The molecule has 0 saturated heterocycles. The SMILES string of the molecule is CC(C)N(Cc1ccc(N(C)C)cc1)C(=O)NCCc1ccccn1. The number of amides is 2. The van der Waals surface area contributed by atoms with Crippen molar-refractivity contribution in [2.45, 2.75) is 32.9 Å². The largest absolute Gasteiger partial charge is 0.378 e. The summed E-state index contributed by atoms with van der Waals surface area (Å²) < 4.78 is 0. The van der Waals surface area contributed by atoms with E-state index in [2.05, 4.69) is 39.5 Å². The van der Waals surface area contributed by atoms with Gasteiger partial charge in [-0.2, -0.15) is 0 Å². The Morgan fingerprint density at radius 2 is 1.84 bits per heavy atom. The molecule has 5 heteroatoms. The molecular weight excluding hydrogens is 312 g/mol. The summed E-state index contributed by atoms with van der Waals surface area (Å²) in [6.45, 7) is 5.25. The molecule has 0 atom stereocenters. The molecule has 5 nitrogen and oxygen atoms in total. The number of hydrogen-bond acceptors (Lipinski definition) is 3. The van der Waals surface area contributed by atoms with E-state index in [9.17, 15) is 4.79 Å². The molecule has 1 aromatic heterocycles. The van der Waals surface area contributed by atoms with Gasteiger partial charge in [0.1, 0.15) is 0 Å². The van der Waals surface area contributed by atoms with E-state index in [1.54, 1.807) is 6.20 Å². The summed E-state index contributed by atoms with van der Waals surface area (Å²) in [7, 11) is 4.04. The van der Waals surface area contributed by atoms with Crippen LogP contribution in [0.3, 0.4) is 0 Å². The number of anilines is 1. The first-order chi connectivity index (χ1) is 12.0. The van der Waals surface area contributed by atoms with Crippen LogP contribution in [0.4, 0.5) is 10.5 Å². The van der Waals surface area contributed by atoms with Crippen LogP contribution in [-0.4, -0.2) is 42.6 Å². The van der Waals surface area contributed by atoms with E-state index in [1.807, 2.05) is 51.0 Å². The van der Waals surface area contributed by atoms with Crippen LogP contribution in [0, 0.1) is 0 Å². The van der Waals surface area contributed by atoms with Crippen LogP contribution >= 0.6 is 0 Å². The van der Waals surface area contributed by atoms with Crippen molar-refractivity contribution in [2.75, 3.05) is 25.5 Å². The van der Waals surface area contributed by atoms with E-state index < -0.39 is 0 Å². The molecule has 0 fully saturated rings. The molecule has 0 unspecified atom stereocenters.